The number of allylic oxidation sites excluding steroid dienone is 8. The first-order chi connectivity index (χ1) is 31.8. The number of esters is 2. The molecule has 1 aliphatic carbocycles. The number of anilines is 1. The molecule has 0 unspecified atom stereocenters. The number of ether oxygens (including phenoxy) is 2. The molecule has 14 nitrogen and oxygen atoms in total. The third-order valence-corrected chi connectivity index (χ3v) is 14.6. The predicted molar refractivity (Wildman–Crippen MR) is 271 cm³/mol. The highest BCUT2D eigenvalue weighted by Crippen LogP contribution is 2.52. The van der Waals surface area contributed by atoms with E-state index in [1.165, 1.54) is 0 Å². The maximum Gasteiger partial charge on any atom is 0.324 e. The van der Waals surface area contributed by atoms with E-state index in [0.29, 0.717) is 33.9 Å². The van der Waals surface area contributed by atoms with Crippen LogP contribution in [0.3, 0.4) is 0 Å². The average molecular weight is 1090 g/mol. The van der Waals surface area contributed by atoms with Crippen LogP contribution in [-0.2, 0) is 59.5 Å². The van der Waals surface area contributed by atoms with Crippen LogP contribution in [0, 0.1) is 5.41 Å². The number of sulfonamides is 2. The van der Waals surface area contributed by atoms with E-state index in [-0.39, 0.29) is 39.1 Å². The summed E-state index contributed by atoms with van der Waals surface area (Å²) in [7, 11) is -7.76. The first kappa shape index (κ1) is 50.4. The zero-order chi connectivity index (χ0) is 49.7. The number of carbonyl (C=O) groups excluding carboxylic acids is 4. The quantitative estimate of drug-likeness (QED) is 0.0750. The van der Waals surface area contributed by atoms with Crippen molar-refractivity contribution in [2.24, 2.45) is 5.41 Å². The first-order valence-corrected chi connectivity index (χ1v) is 27.2. The van der Waals surface area contributed by atoms with Crippen molar-refractivity contribution in [2.75, 3.05) is 43.7 Å². The Labute approximate surface area is 413 Å². The fourth-order valence-corrected chi connectivity index (χ4v) is 11.5. The molecule has 0 bridgehead atoms. The Kier molecular flexibility index (Phi) is 14.0. The highest BCUT2D eigenvalue weighted by Gasteiger charge is 2.52. The number of hydrogen-bond acceptors (Lipinski definition) is 11. The molecule has 0 aromatic heterocycles. The van der Waals surface area contributed by atoms with Crippen LogP contribution < -0.4 is 14.3 Å². The van der Waals surface area contributed by atoms with Crippen LogP contribution in [0.25, 0.3) is 21.5 Å². The van der Waals surface area contributed by atoms with Crippen molar-refractivity contribution >= 4 is 114 Å². The number of nitrogens with one attached hydrogen (secondary N) is 2. The predicted octanol–water partition coefficient (Wildman–Crippen LogP) is 8.04. The second-order valence-electron chi connectivity index (χ2n) is 18.3. The lowest BCUT2D eigenvalue weighted by Gasteiger charge is -2.33. The minimum Gasteiger partial charge on any atom is -0.465 e. The average Bonchev–Trinajstić information content (AvgIpc) is 3.57. The van der Waals surface area contributed by atoms with Crippen LogP contribution in [0.15, 0.2) is 117 Å². The highest BCUT2D eigenvalue weighted by atomic mass is 79.9. The van der Waals surface area contributed by atoms with Crippen molar-refractivity contribution in [2.45, 2.75) is 65.2 Å². The zero-order valence-corrected chi connectivity index (χ0v) is 43.8. The molecule has 0 saturated heterocycles. The summed E-state index contributed by atoms with van der Waals surface area (Å²) in [6, 6.07) is 19.5. The van der Waals surface area contributed by atoms with E-state index in [2.05, 4.69) is 41.3 Å². The molecule has 2 aliphatic heterocycles. The van der Waals surface area contributed by atoms with Gasteiger partial charge in [-0.25, -0.2) is 21.6 Å². The molecule has 7 rings (SSSR count). The van der Waals surface area contributed by atoms with Crippen LogP contribution in [0.1, 0.15) is 65.5 Å². The minimum absolute atomic E-state index is 0.00113. The van der Waals surface area contributed by atoms with Gasteiger partial charge in [0.25, 0.3) is 11.8 Å². The Balaban J connectivity index is 1.41. The van der Waals surface area contributed by atoms with Gasteiger partial charge < -0.3 is 14.4 Å². The molecular formula is C50H53Br2N4O10S2+. The third kappa shape index (κ3) is 10.0. The number of fused-ring (bicyclic) bond motifs is 6. The number of halogens is 2. The molecule has 2 N–H and O–H groups in total. The highest BCUT2D eigenvalue weighted by molar-refractivity contribution is 9.10. The Bertz CT molecular complexity index is 3210. The summed E-state index contributed by atoms with van der Waals surface area (Å²) in [5, 5.41) is 3.78. The molecule has 3 aliphatic rings. The molecule has 0 atom stereocenters. The van der Waals surface area contributed by atoms with Gasteiger partial charge in [0.15, 0.2) is 11.1 Å². The maximum atomic E-state index is 14.2. The number of nitrogens with zero attached hydrogens (tertiary/aromatic N) is 2. The number of amides is 2. The summed E-state index contributed by atoms with van der Waals surface area (Å²) in [6.07, 6.45) is 10.7. The SMILES string of the molecule is CCOC(=O)C1(C(=O)OCC)CC(/C=C/C2=[N+](CC(=O)NS(C)(=O)=O)c3ccc4cc(Br)ccc4c3C2(C)C)=CC(=C/C=C2/N(CC(=O)NS(C)(=O)=O)c3ccc4cc(Br)ccc4c3C2(C)C)/C1. The summed E-state index contributed by atoms with van der Waals surface area (Å²) >= 11 is 7.13. The standard InChI is InChI=1S/C50H52Br2N4O10S2/c1-9-65-46(59)50(47(60)66-10-2)26-30(11-21-40-48(3,4)44-36-17-15-34(51)24-32(36)13-19-38(44)55(40)28-42(57)53-67(7,61)62)23-31(27-50)12-22-41-49(5,6)45-37-18-16-35(52)25-33(37)14-20-39(45)56(41)29-43(58)54-68(8,63)64/h11-25H,9-10,26-29H2,1-8H3,(H-,53,54,57,58)/p+1. The summed E-state index contributed by atoms with van der Waals surface area (Å²) in [5.74, 6) is -3.01. The lowest BCUT2D eigenvalue weighted by atomic mass is 9.71. The number of carbonyl (C=O) groups is 4. The molecule has 18 heteroatoms. The minimum atomic E-state index is -3.88. The van der Waals surface area contributed by atoms with Crippen LogP contribution in [0.4, 0.5) is 11.4 Å². The van der Waals surface area contributed by atoms with Crippen molar-refractivity contribution in [3.8, 4) is 0 Å². The molecule has 2 amide bonds. The first-order valence-electron chi connectivity index (χ1n) is 21.8. The lowest BCUT2D eigenvalue weighted by molar-refractivity contribution is -0.425. The van der Waals surface area contributed by atoms with Gasteiger partial charge in [-0.05, 0) is 121 Å². The van der Waals surface area contributed by atoms with Gasteiger partial charge in [-0.15, -0.1) is 0 Å². The van der Waals surface area contributed by atoms with Gasteiger partial charge in [0.2, 0.25) is 32.3 Å². The van der Waals surface area contributed by atoms with Crippen molar-refractivity contribution in [1.29, 1.82) is 0 Å². The van der Waals surface area contributed by atoms with E-state index in [4.69, 9.17) is 9.47 Å². The van der Waals surface area contributed by atoms with Crippen molar-refractivity contribution < 1.29 is 50.1 Å². The van der Waals surface area contributed by atoms with E-state index >= 15 is 0 Å². The van der Waals surface area contributed by atoms with Crippen molar-refractivity contribution in [3.63, 3.8) is 0 Å². The van der Waals surface area contributed by atoms with Crippen LogP contribution in [0.5, 0.6) is 0 Å². The van der Waals surface area contributed by atoms with Crippen molar-refractivity contribution in [3.05, 3.63) is 128 Å². The topological polar surface area (TPSA) is 185 Å². The van der Waals surface area contributed by atoms with Gasteiger partial charge in [0, 0.05) is 43.5 Å². The fourth-order valence-electron chi connectivity index (χ4n) is 9.83. The van der Waals surface area contributed by atoms with Crippen LogP contribution in [0.2, 0.25) is 0 Å². The molecule has 68 heavy (non-hydrogen) atoms. The second-order valence-corrected chi connectivity index (χ2v) is 23.6. The smallest absolute Gasteiger partial charge is 0.324 e. The Hall–Kier alpha value is -5.43. The molecule has 0 saturated carbocycles. The summed E-state index contributed by atoms with van der Waals surface area (Å²) < 4.78 is 67.7. The fraction of sp³-hybridized carbons (Fsp3) is 0.340. The van der Waals surface area contributed by atoms with Crippen LogP contribution >= 0.6 is 31.9 Å². The number of rotatable bonds is 13. The molecule has 4 aromatic carbocycles. The molecular weight excluding hydrogens is 1040 g/mol. The molecule has 2 heterocycles. The van der Waals surface area contributed by atoms with E-state index in [9.17, 15) is 36.0 Å². The monoisotopic (exact) mass is 1090 g/mol. The largest absolute Gasteiger partial charge is 0.465 e. The molecule has 4 aromatic rings. The number of benzene rings is 4. The van der Waals surface area contributed by atoms with Gasteiger partial charge in [0.05, 0.1) is 31.1 Å². The molecule has 0 fully saturated rings. The normalized spacial score (nSPS) is 18.5. The van der Waals surface area contributed by atoms with E-state index in [1.807, 2.05) is 107 Å². The van der Waals surface area contributed by atoms with Crippen LogP contribution in [-0.4, -0.2) is 89.7 Å². The molecule has 0 radical (unpaired) electrons. The lowest BCUT2D eigenvalue weighted by Crippen LogP contribution is -2.44. The Morgan fingerprint density at radius 3 is 1.85 bits per heavy atom. The Morgan fingerprint density at radius 1 is 0.721 bits per heavy atom. The van der Waals surface area contributed by atoms with Crippen molar-refractivity contribution in [1.82, 2.24) is 9.44 Å². The second kappa shape index (κ2) is 18.8. The maximum absolute atomic E-state index is 14.2. The summed E-state index contributed by atoms with van der Waals surface area (Å²) in [5.41, 5.74) is 2.33. The third-order valence-electron chi connectivity index (χ3n) is 12.4. The van der Waals surface area contributed by atoms with Gasteiger partial charge in [-0.1, -0.05) is 82.1 Å². The van der Waals surface area contributed by atoms with Gasteiger partial charge >= 0.3 is 11.9 Å². The summed E-state index contributed by atoms with van der Waals surface area (Å²) in [4.78, 5) is 56.9. The van der Waals surface area contributed by atoms with E-state index in [0.717, 1.165) is 54.1 Å². The van der Waals surface area contributed by atoms with E-state index < -0.39 is 60.0 Å². The number of hydrogen-bond donors (Lipinski definition) is 2. The van der Waals surface area contributed by atoms with Gasteiger partial charge in [0.1, 0.15) is 6.54 Å². The van der Waals surface area contributed by atoms with Gasteiger partial charge in [-0.3, -0.25) is 23.9 Å². The zero-order valence-electron chi connectivity index (χ0n) is 39.0. The Morgan fingerprint density at radius 2 is 1.28 bits per heavy atom. The summed E-state index contributed by atoms with van der Waals surface area (Å²) in [6.45, 7) is 10.7. The molecule has 0 spiro atoms. The van der Waals surface area contributed by atoms with E-state index in [1.54, 1.807) is 35.5 Å². The molecule has 358 valence electrons. The van der Waals surface area contributed by atoms with Gasteiger partial charge in [-0.2, -0.15) is 4.58 Å².